The highest BCUT2D eigenvalue weighted by Gasteiger charge is 2.29. The van der Waals surface area contributed by atoms with Gasteiger partial charge in [0.1, 0.15) is 0 Å². The van der Waals surface area contributed by atoms with Crippen LogP contribution in [0.15, 0.2) is 0 Å². The maximum Gasteiger partial charge on any atom is 0.282 e. The fourth-order valence-corrected chi connectivity index (χ4v) is 3.56. The SMILES string of the molecule is CCC(C)N(CCOC)S(=O)(=O)N(C)CCCNC(C)C. The molecule has 1 unspecified atom stereocenters. The number of hydrogen-bond donors (Lipinski definition) is 1. The Balaban J connectivity index is 4.62. The van der Waals surface area contributed by atoms with E-state index in [-0.39, 0.29) is 6.04 Å². The Labute approximate surface area is 131 Å². The second-order valence-electron chi connectivity index (χ2n) is 5.65. The molecular weight excluding hydrogens is 290 g/mol. The summed E-state index contributed by atoms with van der Waals surface area (Å²) in [4.78, 5) is 0. The summed E-state index contributed by atoms with van der Waals surface area (Å²) in [6.45, 7) is 10.2. The molecule has 1 atom stereocenters. The standard InChI is InChI=1S/C14H33N3O3S/c1-7-14(4)17(11-12-20-6)21(18,19)16(5)10-8-9-15-13(2)3/h13-15H,7-12H2,1-6H3. The molecule has 0 aliphatic carbocycles. The van der Waals surface area contributed by atoms with Gasteiger partial charge < -0.3 is 10.1 Å². The van der Waals surface area contributed by atoms with Crippen LogP contribution in [-0.4, -0.2) is 69.5 Å². The van der Waals surface area contributed by atoms with E-state index < -0.39 is 10.2 Å². The lowest BCUT2D eigenvalue weighted by Crippen LogP contribution is -2.48. The molecule has 6 nitrogen and oxygen atoms in total. The minimum atomic E-state index is -3.43. The van der Waals surface area contributed by atoms with Crippen LogP contribution in [0, 0.1) is 0 Å². The molecule has 0 heterocycles. The van der Waals surface area contributed by atoms with Gasteiger partial charge in [-0.25, -0.2) is 0 Å². The monoisotopic (exact) mass is 323 g/mol. The van der Waals surface area contributed by atoms with Gasteiger partial charge in [0.05, 0.1) is 6.61 Å². The molecule has 0 fully saturated rings. The van der Waals surface area contributed by atoms with Crippen LogP contribution < -0.4 is 5.32 Å². The summed E-state index contributed by atoms with van der Waals surface area (Å²) >= 11 is 0. The van der Waals surface area contributed by atoms with E-state index in [1.165, 1.54) is 8.61 Å². The van der Waals surface area contributed by atoms with Crippen molar-refractivity contribution in [2.24, 2.45) is 0 Å². The number of methoxy groups -OCH3 is 1. The molecule has 0 aliphatic rings. The summed E-state index contributed by atoms with van der Waals surface area (Å²) in [6.07, 6.45) is 1.58. The van der Waals surface area contributed by atoms with Gasteiger partial charge in [0, 0.05) is 39.3 Å². The van der Waals surface area contributed by atoms with E-state index >= 15 is 0 Å². The first-order valence-electron chi connectivity index (χ1n) is 7.72. The topological polar surface area (TPSA) is 61.9 Å². The lowest BCUT2D eigenvalue weighted by Gasteiger charge is -2.31. The Kier molecular flexibility index (Phi) is 10.4. The summed E-state index contributed by atoms with van der Waals surface area (Å²) in [5.74, 6) is 0. The third kappa shape index (κ3) is 7.56. The maximum atomic E-state index is 12.6. The first-order valence-corrected chi connectivity index (χ1v) is 9.12. The van der Waals surface area contributed by atoms with Crippen molar-refractivity contribution in [2.75, 3.05) is 40.4 Å². The van der Waals surface area contributed by atoms with Gasteiger partial charge >= 0.3 is 0 Å². The third-order valence-corrected chi connectivity index (χ3v) is 5.60. The third-order valence-electron chi connectivity index (χ3n) is 3.49. The summed E-state index contributed by atoms with van der Waals surface area (Å²) in [5.41, 5.74) is 0. The first kappa shape index (κ1) is 20.8. The Morgan fingerprint density at radius 1 is 1.19 bits per heavy atom. The van der Waals surface area contributed by atoms with Crippen molar-refractivity contribution in [3.63, 3.8) is 0 Å². The van der Waals surface area contributed by atoms with E-state index in [0.29, 0.717) is 25.7 Å². The fourth-order valence-electron chi connectivity index (χ4n) is 1.93. The van der Waals surface area contributed by atoms with Crippen molar-refractivity contribution >= 4 is 10.2 Å². The van der Waals surface area contributed by atoms with Gasteiger partial charge in [0.15, 0.2) is 0 Å². The summed E-state index contributed by atoms with van der Waals surface area (Å²) in [7, 11) is -0.195. The van der Waals surface area contributed by atoms with Crippen molar-refractivity contribution in [3.8, 4) is 0 Å². The highest BCUT2D eigenvalue weighted by Crippen LogP contribution is 2.13. The van der Waals surface area contributed by atoms with Crippen molar-refractivity contribution in [3.05, 3.63) is 0 Å². The van der Waals surface area contributed by atoms with Crippen LogP contribution in [0.3, 0.4) is 0 Å². The van der Waals surface area contributed by atoms with Crippen LogP contribution >= 0.6 is 0 Å². The van der Waals surface area contributed by atoms with Gasteiger partial charge in [-0.2, -0.15) is 17.0 Å². The zero-order valence-corrected chi connectivity index (χ0v) is 15.2. The molecule has 0 spiro atoms. The van der Waals surface area contributed by atoms with Crippen LogP contribution in [0.25, 0.3) is 0 Å². The van der Waals surface area contributed by atoms with Gasteiger partial charge in [-0.15, -0.1) is 0 Å². The lowest BCUT2D eigenvalue weighted by molar-refractivity contribution is 0.164. The molecule has 0 aromatic carbocycles. The van der Waals surface area contributed by atoms with E-state index in [2.05, 4.69) is 19.2 Å². The van der Waals surface area contributed by atoms with E-state index in [1.54, 1.807) is 14.2 Å². The molecule has 0 aromatic rings. The summed E-state index contributed by atoms with van der Waals surface area (Å²) in [6, 6.07) is 0.395. The number of ether oxygens (including phenoxy) is 1. The summed E-state index contributed by atoms with van der Waals surface area (Å²) in [5, 5.41) is 3.29. The Morgan fingerprint density at radius 2 is 1.81 bits per heavy atom. The Bertz CT molecular complexity index is 360. The average molecular weight is 324 g/mol. The molecule has 0 aliphatic heterocycles. The zero-order valence-electron chi connectivity index (χ0n) is 14.4. The number of nitrogens with zero attached hydrogens (tertiary/aromatic N) is 2. The number of hydrogen-bond acceptors (Lipinski definition) is 4. The molecule has 0 bridgehead atoms. The van der Waals surface area contributed by atoms with Crippen LogP contribution in [0.1, 0.15) is 40.5 Å². The predicted octanol–water partition coefficient (Wildman–Crippen LogP) is 1.30. The van der Waals surface area contributed by atoms with Crippen LogP contribution in [0.4, 0.5) is 0 Å². The van der Waals surface area contributed by atoms with E-state index in [4.69, 9.17) is 4.74 Å². The molecule has 0 radical (unpaired) electrons. The van der Waals surface area contributed by atoms with Crippen LogP contribution in [0.5, 0.6) is 0 Å². The molecule has 21 heavy (non-hydrogen) atoms. The van der Waals surface area contributed by atoms with Crippen molar-refractivity contribution in [1.29, 1.82) is 0 Å². The van der Waals surface area contributed by atoms with Crippen LogP contribution in [-0.2, 0) is 14.9 Å². The van der Waals surface area contributed by atoms with Crippen molar-refractivity contribution in [2.45, 2.75) is 52.6 Å². The second-order valence-corrected chi connectivity index (χ2v) is 7.64. The van der Waals surface area contributed by atoms with E-state index in [9.17, 15) is 8.42 Å². The molecule has 7 heteroatoms. The van der Waals surface area contributed by atoms with Gasteiger partial charge in [-0.05, 0) is 26.3 Å². The molecule has 0 saturated heterocycles. The Hall–Kier alpha value is -0.210. The molecule has 0 saturated carbocycles. The van der Waals surface area contributed by atoms with Gasteiger partial charge in [0.2, 0.25) is 0 Å². The highest BCUT2D eigenvalue weighted by molar-refractivity contribution is 7.86. The quantitative estimate of drug-likeness (QED) is 0.550. The molecule has 0 aromatic heterocycles. The van der Waals surface area contributed by atoms with Crippen molar-refractivity contribution < 1.29 is 13.2 Å². The predicted molar refractivity (Wildman–Crippen MR) is 87.6 cm³/mol. The minimum Gasteiger partial charge on any atom is -0.383 e. The van der Waals surface area contributed by atoms with E-state index in [0.717, 1.165) is 19.4 Å². The minimum absolute atomic E-state index is 0.0265. The molecule has 128 valence electrons. The normalized spacial score (nSPS) is 14.3. The number of rotatable bonds is 12. The summed E-state index contributed by atoms with van der Waals surface area (Å²) < 4.78 is 33.3. The average Bonchev–Trinajstić information content (AvgIpc) is 2.42. The second kappa shape index (κ2) is 10.5. The largest absolute Gasteiger partial charge is 0.383 e. The highest BCUT2D eigenvalue weighted by atomic mass is 32.2. The smallest absolute Gasteiger partial charge is 0.282 e. The number of nitrogens with one attached hydrogen (secondary N) is 1. The van der Waals surface area contributed by atoms with Gasteiger partial charge in [0.25, 0.3) is 10.2 Å². The van der Waals surface area contributed by atoms with Gasteiger partial charge in [-0.1, -0.05) is 20.8 Å². The molecule has 0 amide bonds. The lowest BCUT2D eigenvalue weighted by atomic mass is 10.3. The maximum absolute atomic E-state index is 12.6. The molecule has 0 rings (SSSR count). The van der Waals surface area contributed by atoms with E-state index in [1.807, 2.05) is 13.8 Å². The molecule has 1 N–H and O–H groups in total. The zero-order chi connectivity index (χ0) is 16.5. The van der Waals surface area contributed by atoms with Crippen LogP contribution in [0.2, 0.25) is 0 Å². The fraction of sp³-hybridized carbons (Fsp3) is 1.00. The first-order chi connectivity index (χ1) is 9.77. The van der Waals surface area contributed by atoms with Crippen molar-refractivity contribution in [1.82, 2.24) is 13.9 Å². The Morgan fingerprint density at radius 3 is 2.29 bits per heavy atom. The molecular formula is C14H33N3O3S. The van der Waals surface area contributed by atoms with Gasteiger partial charge in [-0.3, -0.25) is 0 Å².